The Morgan fingerprint density at radius 3 is 2.85 bits per heavy atom. The fraction of sp³-hybridized carbons (Fsp3) is 0.333. The number of pyridine rings is 1. The molecule has 0 radical (unpaired) electrons. The summed E-state index contributed by atoms with van der Waals surface area (Å²) in [5.41, 5.74) is 0.403. The number of furan rings is 1. The topological polar surface area (TPSA) is 66.6 Å². The van der Waals surface area contributed by atoms with E-state index in [0.717, 1.165) is 24.4 Å². The first-order valence-electron chi connectivity index (χ1n) is 6.64. The molecule has 3 rings (SSSR count). The zero-order chi connectivity index (χ0) is 14.1. The van der Waals surface area contributed by atoms with Crippen LogP contribution in [0.25, 0.3) is 0 Å². The number of aromatic nitrogens is 1. The highest BCUT2D eigenvalue weighted by Crippen LogP contribution is 2.30. The van der Waals surface area contributed by atoms with Crippen LogP contribution in [0.15, 0.2) is 35.0 Å². The summed E-state index contributed by atoms with van der Waals surface area (Å²) in [4.78, 5) is 18.2. The quantitative estimate of drug-likeness (QED) is 0.928. The molecule has 1 saturated carbocycles. The maximum absolute atomic E-state index is 12.5. The summed E-state index contributed by atoms with van der Waals surface area (Å²) < 4.78 is 5.54. The summed E-state index contributed by atoms with van der Waals surface area (Å²) >= 11 is 0. The molecule has 1 aliphatic carbocycles. The van der Waals surface area contributed by atoms with Crippen LogP contribution in [0, 0.1) is 6.92 Å². The SMILES string of the molecule is Cc1ccc(CN(C(=O)c2cncc(O)c2)C2CC2)o1. The van der Waals surface area contributed by atoms with Crippen molar-refractivity contribution in [3.63, 3.8) is 0 Å². The molecule has 0 spiro atoms. The van der Waals surface area contributed by atoms with Crippen molar-refractivity contribution in [2.75, 3.05) is 0 Å². The molecule has 0 saturated heterocycles. The van der Waals surface area contributed by atoms with Crippen molar-refractivity contribution in [3.8, 4) is 5.75 Å². The lowest BCUT2D eigenvalue weighted by Crippen LogP contribution is -2.32. The molecule has 2 aromatic rings. The number of aromatic hydroxyl groups is 1. The second kappa shape index (κ2) is 5.00. The molecular weight excluding hydrogens is 256 g/mol. The maximum Gasteiger partial charge on any atom is 0.256 e. The minimum atomic E-state index is -0.120. The van der Waals surface area contributed by atoms with Crippen molar-refractivity contribution in [3.05, 3.63) is 47.7 Å². The molecule has 5 heteroatoms. The minimum absolute atomic E-state index is 0.000407. The summed E-state index contributed by atoms with van der Waals surface area (Å²) in [6.45, 7) is 2.33. The van der Waals surface area contributed by atoms with Gasteiger partial charge in [-0.2, -0.15) is 0 Å². The Morgan fingerprint density at radius 2 is 2.25 bits per heavy atom. The molecule has 0 aromatic carbocycles. The average Bonchev–Trinajstić information content (AvgIpc) is 3.19. The molecule has 1 N–H and O–H groups in total. The first kappa shape index (κ1) is 12.7. The van der Waals surface area contributed by atoms with Gasteiger partial charge >= 0.3 is 0 Å². The first-order valence-corrected chi connectivity index (χ1v) is 6.64. The first-order chi connectivity index (χ1) is 9.63. The second-order valence-corrected chi connectivity index (χ2v) is 5.11. The van der Waals surface area contributed by atoms with E-state index in [1.165, 1.54) is 18.5 Å². The molecule has 0 atom stereocenters. The van der Waals surface area contributed by atoms with E-state index < -0.39 is 0 Å². The predicted octanol–water partition coefficient (Wildman–Crippen LogP) is 2.49. The Labute approximate surface area is 116 Å². The van der Waals surface area contributed by atoms with Crippen LogP contribution in [0.1, 0.15) is 34.7 Å². The van der Waals surface area contributed by atoms with E-state index in [1.54, 1.807) is 4.90 Å². The lowest BCUT2D eigenvalue weighted by atomic mass is 10.2. The van der Waals surface area contributed by atoms with Crippen LogP contribution >= 0.6 is 0 Å². The Balaban J connectivity index is 1.81. The minimum Gasteiger partial charge on any atom is -0.506 e. The van der Waals surface area contributed by atoms with Gasteiger partial charge in [-0.15, -0.1) is 0 Å². The standard InChI is InChI=1S/C15H16N2O3/c1-10-2-5-14(20-10)9-17(12-3-4-12)15(19)11-6-13(18)8-16-7-11/h2,5-8,12,18H,3-4,9H2,1H3. The maximum atomic E-state index is 12.5. The van der Waals surface area contributed by atoms with Gasteiger partial charge in [0, 0.05) is 12.2 Å². The van der Waals surface area contributed by atoms with Crippen LogP contribution in [-0.4, -0.2) is 26.9 Å². The molecule has 2 heterocycles. The van der Waals surface area contributed by atoms with Crippen molar-refractivity contribution >= 4 is 5.91 Å². The summed E-state index contributed by atoms with van der Waals surface area (Å²) in [6.07, 6.45) is 4.81. The molecule has 104 valence electrons. The van der Waals surface area contributed by atoms with Crippen molar-refractivity contribution in [1.29, 1.82) is 0 Å². The third-order valence-corrected chi connectivity index (χ3v) is 3.34. The normalized spacial score (nSPS) is 14.2. The number of nitrogens with zero attached hydrogens (tertiary/aromatic N) is 2. The van der Waals surface area contributed by atoms with Gasteiger partial charge in [-0.05, 0) is 38.0 Å². The molecular formula is C15H16N2O3. The van der Waals surface area contributed by atoms with Crippen molar-refractivity contribution < 1.29 is 14.3 Å². The van der Waals surface area contributed by atoms with Gasteiger partial charge < -0.3 is 14.4 Å². The zero-order valence-electron chi connectivity index (χ0n) is 11.2. The number of hydrogen-bond acceptors (Lipinski definition) is 4. The number of aryl methyl sites for hydroxylation is 1. The number of carbonyl (C=O) groups is 1. The molecule has 5 nitrogen and oxygen atoms in total. The Bertz CT molecular complexity index is 632. The van der Waals surface area contributed by atoms with Gasteiger partial charge in [0.1, 0.15) is 17.3 Å². The Hall–Kier alpha value is -2.30. The fourth-order valence-electron chi connectivity index (χ4n) is 2.20. The number of rotatable bonds is 4. The highest BCUT2D eigenvalue weighted by atomic mass is 16.3. The van der Waals surface area contributed by atoms with E-state index in [2.05, 4.69) is 4.98 Å². The number of amides is 1. The molecule has 1 fully saturated rings. The smallest absolute Gasteiger partial charge is 0.256 e. The van der Waals surface area contributed by atoms with Crippen LogP contribution in [0.3, 0.4) is 0 Å². The van der Waals surface area contributed by atoms with Crippen LogP contribution in [0.4, 0.5) is 0 Å². The third kappa shape index (κ3) is 2.66. The van der Waals surface area contributed by atoms with Gasteiger partial charge in [-0.3, -0.25) is 9.78 Å². The number of hydrogen-bond donors (Lipinski definition) is 1. The molecule has 0 unspecified atom stereocenters. The summed E-state index contributed by atoms with van der Waals surface area (Å²) in [5, 5.41) is 9.44. The molecule has 2 aromatic heterocycles. The zero-order valence-corrected chi connectivity index (χ0v) is 11.2. The van der Waals surface area contributed by atoms with E-state index in [0.29, 0.717) is 12.1 Å². The van der Waals surface area contributed by atoms with Crippen LogP contribution in [0.5, 0.6) is 5.75 Å². The molecule has 0 bridgehead atoms. The van der Waals surface area contributed by atoms with Gasteiger partial charge in [0.25, 0.3) is 5.91 Å². The Morgan fingerprint density at radius 1 is 1.45 bits per heavy atom. The van der Waals surface area contributed by atoms with E-state index in [-0.39, 0.29) is 17.7 Å². The summed E-state index contributed by atoms with van der Waals surface area (Å²) in [6, 6.07) is 5.48. The molecule has 0 aliphatic heterocycles. The summed E-state index contributed by atoms with van der Waals surface area (Å²) in [5.74, 6) is 1.49. The lowest BCUT2D eigenvalue weighted by Gasteiger charge is -2.21. The van der Waals surface area contributed by atoms with E-state index in [9.17, 15) is 9.90 Å². The number of carbonyl (C=O) groups excluding carboxylic acids is 1. The fourth-order valence-corrected chi connectivity index (χ4v) is 2.20. The highest BCUT2D eigenvalue weighted by molar-refractivity contribution is 5.94. The van der Waals surface area contributed by atoms with Gasteiger partial charge in [0.2, 0.25) is 0 Å². The summed E-state index contributed by atoms with van der Waals surface area (Å²) in [7, 11) is 0. The largest absolute Gasteiger partial charge is 0.506 e. The van der Waals surface area contributed by atoms with Crippen LogP contribution in [0.2, 0.25) is 0 Å². The molecule has 1 amide bonds. The van der Waals surface area contributed by atoms with E-state index >= 15 is 0 Å². The molecule has 20 heavy (non-hydrogen) atoms. The van der Waals surface area contributed by atoms with Gasteiger partial charge in [0.05, 0.1) is 18.3 Å². The lowest BCUT2D eigenvalue weighted by molar-refractivity contribution is 0.0716. The van der Waals surface area contributed by atoms with Gasteiger partial charge in [-0.1, -0.05) is 0 Å². The monoisotopic (exact) mass is 272 g/mol. The van der Waals surface area contributed by atoms with Crippen molar-refractivity contribution in [1.82, 2.24) is 9.88 Å². The average molecular weight is 272 g/mol. The van der Waals surface area contributed by atoms with Gasteiger partial charge in [0.15, 0.2) is 0 Å². The van der Waals surface area contributed by atoms with Crippen LogP contribution in [-0.2, 0) is 6.54 Å². The predicted molar refractivity (Wildman–Crippen MR) is 72.2 cm³/mol. The third-order valence-electron chi connectivity index (χ3n) is 3.34. The van der Waals surface area contributed by atoms with Crippen molar-refractivity contribution in [2.45, 2.75) is 32.4 Å². The highest BCUT2D eigenvalue weighted by Gasteiger charge is 2.33. The molecule has 1 aliphatic rings. The van der Waals surface area contributed by atoms with Crippen LogP contribution < -0.4 is 0 Å². The van der Waals surface area contributed by atoms with E-state index in [4.69, 9.17) is 4.42 Å². The van der Waals surface area contributed by atoms with Crippen molar-refractivity contribution in [2.24, 2.45) is 0 Å². The second-order valence-electron chi connectivity index (χ2n) is 5.11. The van der Waals surface area contributed by atoms with E-state index in [1.807, 2.05) is 19.1 Å². The van der Waals surface area contributed by atoms with Gasteiger partial charge in [-0.25, -0.2) is 0 Å². The Kier molecular flexibility index (Phi) is 3.18.